The second kappa shape index (κ2) is 8.06. The van der Waals surface area contributed by atoms with E-state index in [0.717, 1.165) is 12.1 Å². The molecule has 1 saturated heterocycles. The summed E-state index contributed by atoms with van der Waals surface area (Å²) in [4.78, 5) is 30.4. The Hall–Kier alpha value is -3.16. The molecule has 1 unspecified atom stereocenters. The topological polar surface area (TPSA) is 78.9 Å². The first-order valence-electron chi connectivity index (χ1n) is 10.0. The molecule has 152 valence electrons. The molecule has 0 radical (unpaired) electrons. The lowest BCUT2D eigenvalue weighted by atomic mass is 10.1. The number of anilines is 2. The van der Waals surface area contributed by atoms with Gasteiger partial charge in [-0.15, -0.1) is 10.2 Å². The summed E-state index contributed by atoms with van der Waals surface area (Å²) in [5.41, 5.74) is 2.46. The van der Waals surface area contributed by atoms with Gasteiger partial charge in [0, 0.05) is 37.9 Å². The van der Waals surface area contributed by atoms with Crippen LogP contribution in [0.1, 0.15) is 29.9 Å². The third kappa shape index (κ3) is 3.74. The average molecular weight is 395 g/mol. The van der Waals surface area contributed by atoms with E-state index in [1.165, 1.54) is 5.56 Å². The highest BCUT2D eigenvalue weighted by Gasteiger charge is 2.32. The predicted molar refractivity (Wildman–Crippen MR) is 109 cm³/mol. The van der Waals surface area contributed by atoms with Gasteiger partial charge in [-0.05, 0) is 44.0 Å². The van der Waals surface area contributed by atoms with Crippen LogP contribution in [0.25, 0.3) is 0 Å². The highest BCUT2D eigenvalue weighted by atomic mass is 16.6. The van der Waals surface area contributed by atoms with Gasteiger partial charge in [0.15, 0.2) is 11.5 Å². The van der Waals surface area contributed by atoms with E-state index < -0.39 is 0 Å². The van der Waals surface area contributed by atoms with Crippen molar-refractivity contribution >= 4 is 23.5 Å². The zero-order valence-corrected chi connectivity index (χ0v) is 16.7. The lowest BCUT2D eigenvalue weighted by Crippen LogP contribution is -2.49. The standard InChI is InChI=1S/C21H25N5O3/c1-3-29-21(28)25-12-10-24(11-13-25)19-9-8-17(22-23-19)20(27)26-15(2)14-16-6-4-5-7-18(16)26/h4-9,15H,3,10-14H2,1-2H3. The van der Waals surface area contributed by atoms with Crippen LogP contribution in [0.5, 0.6) is 0 Å². The van der Waals surface area contributed by atoms with Crippen molar-refractivity contribution in [1.82, 2.24) is 15.1 Å². The van der Waals surface area contributed by atoms with E-state index in [1.54, 1.807) is 22.8 Å². The zero-order chi connectivity index (χ0) is 20.4. The van der Waals surface area contributed by atoms with Gasteiger partial charge in [-0.2, -0.15) is 0 Å². The first-order chi connectivity index (χ1) is 14.1. The van der Waals surface area contributed by atoms with Crippen molar-refractivity contribution in [3.05, 3.63) is 47.7 Å². The van der Waals surface area contributed by atoms with Crippen molar-refractivity contribution in [2.24, 2.45) is 0 Å². The SMILES string of the molecule is CCOC(=O)N1CCN(c2ccc(C(=O)N3c4ccccc4CC3C)nn2)CC1. The lowest BCUT2D eigenvalue weighted by molar-refractivity contribution is 0.0974. The molecule has 2 amide bonds. The number of carbonyl (C=O) groups excluding carboxylic acids is 2. The fourth-order valence-electron chi connectivity index (χ4n) is 3.94. The summed E-state index contributed by atoms with van der Waals surface area (Å²) in [6.07, 6.45) is 0.567. The van der Waals surface area contributed by atoms with Crippen LogP contribution in [0.3, 0.4) is 0 Å². The third-order valence-electron chi connectivity index (χ3n) is 5.43. The van der Waals surface area contributed by atoms with E-state index >= 15 is 0 Å². The first-order valence-corrected chi connectivity index (χ1v) is 10.0. The summed E-state index contributed by atoms with van der Waals surface area (Å²) in [6, 6.07) is 11.6. The van der Waals surface area contributed by atoms with Gasteiger partial charge in [0.2, 0.25) is 0 Å². The third-order valence-corrected chi connectivity index (χ3v) is 5.43. The number of aromatic nitrogens is 2. The molecule has 4 rings (SSSR count). The van der Waals surface area contributed by atoms with Crippen LogP contribution < -0.4 is 9.80 Å². The molecule has 1 aromatic carbocycles. The average Bonchev–Trinajstić information content (AvgIpc) is 3.09. The van der Waals surface area contributed by atoms with E-state index in [0.29, 0.717) is 44.3 Å². The predicted octanol–water partition coefficient (Wildman–Crippen LogP) is 2.35. The van der Waals surface area contributed by atoms with E-state index in [1.807, 2.05) is 31.2 Å². The van der Waals surface area contributed by atoms with E-state index in [-0.39, 0.29) is 18.0 Å². The van der Waals surface area contributed by atoms with Crippen LogP contribution in [0.2, 0.25) is 0 Å². The monoisotopic (exact) mass is 395 g/mol. The van der Waals surface area contributed by atoms with Crippen LogP contribution in [0, 0.1) is 0 Å². The molecular formula is C21H25N5O3. The van der Waals surface area contributed by atoms with Gasteiger partial charge < -0.3 is 19.4 Å². The van der Waals surface area contributed by atoms with Crippen molar-refractivity contribution in [3.8, 4) is 0 Å². The molecule has 0 N–H and O–H groups in total. The molecule has 1 aromatic heterocycles. The van der Waals surface area contributed by atoms with Crippen molar-refractivity contribution in [2.75, 3.05) is 42.6 Å². The van der Waals surface area contributed by atoms with Crippen molar-refractivity contribution in [2.45, 2.75) is 26.3 Å². The number of piperazine rings is 1. The molecule has 1 atom stereocenters. The van der Waals surface area contributed by atoms with Gasteiger partial charge in [-0.3, -0.25) is 4.79 Å². The number of para-hydroxylation sites is 1. The van der Waals surface area contributed by atoms with Crippen LogP contribution in [0.15, 0.2) is 36.4 Å². The zero-order valence-electron chi connectivity index (χ0n) is 16.7. The molecule has 2 aromatic rings. The Bertz CT molecular complexity index is 893. The van der Waals surface area contributed by atoms with Crippen LogP contribution in [0.4, 0.5) is 16.3 Å². The summed E-state index contributed by atoms with van der Waals surface area (Å²) in [5, 5.41) is 8.48. The summed E-state index contributed by atoms with van der Waals surface area (Å²) < 4.78 is 5.05. The second-order valence-corrected chi connectivity index (χ2v) is 7.31. The van der Waals surface area contributed by atoms with Gasteiger partial charge in [0.05, 0.1) is 6.61 Å². The van der Waals surface area contributed by atoms with E-state index in [4.69, 9.17) is 4.74 Å². The highest BCUT2D eigenvalue weighted by Crippen LogP contribution is 2.32. The molecule has 2 aliphatic heterocycles. The number of nitrogens with zero attached hydrogens (tertiary/aromatic N) is 5. The molecular weight excluding hydrogens is 370 g/mol. The number of amides is 2. The smallest absolute Gasteiger partial charge is 0.409 e. The van der Waals surface area contributed by atoms with E-state index in [9.17, 15) is 9.59 Å². The van der Waals surface area contributed by atoms with Crippen molar-refractivity contribution < 1.29 is 14.3 Å². The molecule has 8 heteroatoms. The first kappa shape index (κ1) is 19.2. The van der Waals surface area contributed by atoms with Gasteiger partial charge >= 0.3 is 6.09 Å². The number of rotatable bonds is 3. The quantitative estimate of drug-likeness (QED) is 0.794. The molecule has 29 heavy (non-hydrogen) atoms. The van der Waals surface area contributed by atoms with Crippen LogP contribution in [-0.4, -0.2) is 65.9 Å². The molecule has 0 spiro atoms. The number of hydrogen-bond acceptors (Lipinski definition) is 6. The largest absolute Gasteiger partial charge is 0.450 e. The fourth-order valence-corrected chi connectivity index (χ4v) is 3.94. The van der Waals surface area contributed by atoms with Gasteiger partial charge in [0.25, 0.3) is 5.91 Å². The molecule has 3 heterocycles. The minimum atomic E-state index is -0.279. The van der Waals surface area contributed by atoms with Crippen LogP contribution >= 0.6 is 0 Å². The number of ether oxygens (including phenoxy) is 1. The number of fused-ring (bicyclic) bond motifs is 1. The molecule has 0 saturated carbocycles. The van der Waals surface area contributed by atoms with E-state index in [2.05, 4.69) is 21.2 Å². The minimum absolute atomic E-state index is 0.0948. The van der Waals surface area contributed by atoms with Crippen LogP contribution in [-0.2, 0) is 11.2 Å². The summed E-state index contributed by atoms with van der Waals surface area (Å²) in [6.45, 7) is 6.66. The number of hydrogen-bond donors (Lipinski definition) is 0. The normalized spacial score (nSPS) is 18.6. The molecule has 8 nitrogen and oxygen atoms in total. The summed E-state index contributed by atoms with van der Waals surface area (Å²) in [5.74, 6) is 0.577. The molecule has 0 aliphatic carbocycles. The summed E-state index contributed by atoms with van der Waals surface area (Å²) in [7, 11) is 0. The Morgan fingerprint density at radius 3 is 2.52 bits per heavy atom. The molecule has 0 bridgehead atoms. The maximum absolute atomic E-state index is 13.0. The van der Waals surface area contributed by atoms with Crippen molar-refractivity contribution in [3.63, 3.8) is 0 Å². The minimum Gasteiger partial charge on any atom is -0.450 e. The lowest BCUT2D eigenvalue weighted by Gasteiger charge is -2.34. The maximum Gasteiger partial charge on any atom is 0.409 e. The number of benzene rings is 1. The summed E-state index contributed by atoms with van der Waals surface area (Å²) >= 11 is 0. The fraction of sp³-hybridized carbons (Fsp3) is 0.429. The molecule has 1 fully saturated rings. The Morgan fingerprint density at radius 1 is 1.07 bits per heavy atom. The Balaban J connectivity index is 1.42. The number of carbonyl (C=O) groups is 2. The Labute approximate surface area is 170 Å². The van der Waals surface area contributed by atoms with Gasteiger partial charge in [-0.25, -0.2) is 4.79 Å². The second-order valence-electron chi connectivity index (χ2n) is 7.31. The Kier molecular flexibility index (Phi) is 5.33. The highest BCUT2D eigenvalue weighted by molar-refractivity contribution is 6.06. The maximum atomic E-state index is 13.0. The Morgan fingerprint density at radius 2 is 1.83 bits per heavy atom. The van der Waals surface area contributed by atoms with Crippen molar-refractivity contribution in [1.29, 1.82) is 0 Å². The van der Waals surface area contributed by atoms with Gasteiger partial charge in [0.1, 0.15) is 0 Å². The van der Waals surface area contributed by atoms with Gasteiger partial charge in [-0.1, -0.05) is 18.2 Å². The molecule has 2 aliphatic rings.